The second kappa shape index (κ2) is 10.00. The van der Waals surface area contributed by atoms with Gasteiger partial charge in [-0.2, -0.15) is 5.10 Å². The van der Waals surface area contributed by atoms with Crippen molar-refractivity contribution in [3.05, 3.63) is 111 Å². The first-order valence-corrected chi connectivity index (χ1v) is 12.5. The van der Waals surface area contributed by atoms with E-state index >= 15 is 0 Å². The van der Waals surface area contributed by atoms with Crippen LogP contribution in [0.4, 0.5) is 10.2 Å². The third kappa shape index (κ3) is 4.49. The van der Waals surface area contributed by atoms with Crippen molar-refractivity contribution >= 4 is 40.8 Å². The van der Waals surface area contributed by atoms with Crippen molar-refractivity contribution in [3.8, 4) is 5.69 Å². The van der Waals surface area contributed by atoms with Gasteiger partial charge in [0.1, 0.15) is 17.7 Å². The summed E-state index contributed by atoms with van der Waals surface area (Å²) in [7, 11) is 0. The predicted molar refractivity (Wildman–Crippen MR) is 142 cm³/mol. The molecule has 0 radical (unpaired) electrons. The van der Waals surface area contributed by atoms with Gasteiger partial charge in [-0.25, -0.2) is 9.07 Å². The van der Waals surface area contributed by atoms with Crippen molar-refractivity contribution in [2.75, 3.05) is 11.4 Å². The number of hydrogen-bond donors (Lipinski definition) is 1. The topological polar surface area (TPSA) is 67.2 Å². The molecule has 0 spiro atoms. The molecule has 1 aliphatic rings. The van der Waals surface area contributed by atoms with Gasteiger partial charge in [0.05, 0.1) is 21.4 Å². The Morgan fingerprint density at radius 2 is 1.73 bits per heavy atom. The van der Waals surface area contributed by atoms with Crippen LogP contribution >= 0.6 is 23.2 Å². The molecule has 4 aromatic rings. The molecule has 5 rings (SSSR count). The molecule has 1 N–H and O–H groups in total. The molecule has 188 valence electrons. The van der Waals surface area contributed by atoms with Gasteiger partial charge in [-0.05, 0) is 61.9 Å². The molecule has 0 saturated carbocycles. The van der Waals surface area contributed by atoms with Crippen LogP contribution in [0.2, 0.25) is 10.0 Å². The van der Waals surface area contributed by atoms with E-state index in [1.54, 1.807) is 27.8 Å². The number of hydrogen-bond acceptors (Lipinski definition) is 3. The number of anilines is 1. The minimum Gasteiger partial charge on any atom is -0.339 e. The van der Waals surface area contributed by atoms with Crippen LogP contribution in [-0.2, 0) is 4.79 Å². The van der Waals surface area contributed by atoms with E-state index in [2.05, 4.69) is 5.32 Å². The Morgan fingerprint density at radius 1 is 1.03 bits per heavy atom. The summed E-state index contributed by atoms with van der Waals surface area (Å²) in [5.41, 5.74) is 3.24. The number of aryl methyl sites for hydroxylation is 1. The van der Waals surface area contributed by atoms with Crippen LogP contribution in [0.3, 0.4) is 0 Å². The minimum atomic E-state index is -0.966. The van der Waals surface area contributed by atoms with Crippen LogP contribution in [-0.4, -0.2) is 34.2 Å². The maximum Gasteiger partial charge on any atom is 0.252 e. The number of aromatic nitrogens is 2. The molecule has 1 aromatic heterocycles. The number of fused-ring (bicyclic) bond motifs is 1. The highest BCUT2D eigenvalue weighted by atomic mass is 35.5. The van der Waals surface area contributed by atoms with Gasteiger partial charge in [-0.1, -0.05) is 53.5 Å². The molecule has 0 fully saturated rings. The zero-order valence-electron chi connectivity index (χ0n) is 20.1. The smallest absolute Gasteiger partial charge is 0.252 e. The van der Waals surface area contributed by atoms with Crippen LogP contribution in [0.15, 0.2) is 72.8 Å². The fourth-order valence-electron chi connectivity index (χ4n) is 4.82. The number of nitrogens with one attached hydrogen (secondary N) is 1. The standard InChI is InChI=1S/C28H23Cl2FN4O2/c1-3-34-27-23(16(2)33-35(27)20-7-5-4-6-8-20)24(17-9-12-19(31)13-10-17)25(28(34)37)32-26(36)18-11-14-21(29)22(30)15-18/h4-15,24-25H,3H2,1-2H3,(H,32,36)/t24-,25-/m0/s1. The summed E-state index contributed by atoms with van der Waals surface area (Å²) in [5.74, 6) is -1.14. The Kier molecular flexibility index (Phi) is 6.75. The molecule has 1 aliphatic heterocycles. The fraction of sp³-hybridized carbons (Fsp3) is 0.179. The summed E-state index contributed by atoms with van der Waals surface area (Å²) in [4.78, 5) is 28.9. The molecule has 9 heteroatoms. The van der Waals surface area contributed by atoms with Crippen molar-refractivity contribution in [1.29, 1.82) is 0 Å². The zero-order valence-corrected chi connectivity index (χ0v) is 21.6. The van der Waals surface area contributed by atoms with Crippen molar-refractivity contribution in [2.45, 2.75) is 25.8 Å². The van der Waals surface area contributed by atoms with E-state index in [0.717, 1.165) is 11.3 Å². The van der Waals surface area contributed by atoms with Crippen LogP contribution in [0.1, 0.15) is 40.0 Å². The van der Waals surface area contributed by atoms with Crippen LogP contribution in [0, 0.1) is 12.7 Å². The van der Waals surface area contributed by atoms with Gasteiger partial charge in [0.25, 0.3) is 11.8 Å². The van der Waals surface area contributed by atoms with E-state index in [-0.39, 0.29) is 16.5 Å². The average molecular weight is 537 g/mol. The third-order valence-electron chi connectivity index (χ3n) is 6.53. The first-order valence-electron chi connectivity index (χ1n) is 11.8. The van der Waals surface area contributed by atoms with Crippen molar-refractivity contribution in [2.24, 2.45) is 0 Å². The first kappa shape index (κ1) is 25.0. The normalized spacial score (nSPS) is 17.0. The summed E-state index contributed by atoms with van der Waals surface area (Å²) in [6.07, 6.45) is 0. The van der Waals surface area contributed by atoms with Crippen LogP contribution in [0.25, 0.3) is 5.69 Å². The molecule has 6 nitrogen and oxygen atoms in total. The maximum absolute atomic E-state index is 14.0. The zero-order chi connectivity index (χ0) is 26.3. The quantitative estimate of drug-likeness (QED) is 0.344. The highest BCUT2D eigenvalue weighted by Gasteiger charge is 2.45. The molecule has 3 aromatic carbocycles. The number of amides is 2. The third-order valence-corrected chi connectivity index (χ3v) is 7.27. The molecule has 2 amide bonds. The number of carbonyl (C=O) groups is 2. The summed E-state index contributed by atoms with van der Waals surface area (Å²) in [6.45, 7) is 4.10. The summed E-state index contributed by atoms with van der Waals surface area (Å²) >= 11 is 12.1. The maximum atomic E-state index is 14.0. The van der Waals surface area contributed by atoms with Gasteiger partial charge in [0.2, 0.25) is 0 Å². The van der Waals surface area contributed by atoms with E-state index in [1.165, 1.54) is 24.3 Å². The number of rotatable bonds is 5. The second-order valence-electron chi connectivity index (χ2n) is 8.76. The Morgan fingerprint density at radius 3 is 2.38 bits per heavy atom. The Bertz CT molecular complexity index is 1490. The number of halogens is 3. The van der Waals surface area contributed by atoms with Gasteiger partial charge in [0, 0.05) is 23.6 Å². The lowest BCUT2D eigenvalue weighted by molar-refractivity contribution is -0.121. The predicted octanol–water partition coefficient (Wildman–Crippen LogP) is 5.92. The lowest BCUT2D eigenvalue weighted by Crippen LogP contribution is -2.55. The largest absolute Gasteiger partial charge is 0.339 e. The number of benzene rings is 3. The van der Waals surface area contributed by atoms with Crippen molar-refractivity contribution in [1.82, 2.24) is 15.1 Å². The van der Waals surface area contributed by atoms with Crippen LogP contribution in [0.5, 0.6) is 0 Å². The lowest BCUT2D eigenvalue weighted by atomic mass is 9.81. The van der Waals surface area contributed by atoms with Gasteiger partial charge in [0.15, 0.2) is 0 Å². The number of nitrogens with zero attached hydrogens (tertiary/aromatic N) is 3. The molecule has 2 heterocycles. The van der Waals surface area contributed by atoms with Gasteiger partial charge in [-0.15, -0.1) is 0 Å². The highest BCUT2D eigenvalue weighted by molar-refractivity contribution is 6.42. The molecule has 0 aliphatic carbocycles. The van der Waals surface area contributed by atoms with Gasteiger partial charge < -0.3 is 5.32 Å². The Labute approximate surface area is 223 Å². The van der Waals surface area contributed by atoms with Gasteiger partial charge in [-0.3, -0.25) is 14.5 Å². The second-order valence-corrected chi connectivity index (χ2v) is 9.58. The van der Waals surface area contributed by atoms with E-state index in [9.17, 15) is 14.0 Å². The number of carbonyl (C=O) groups excluding carboxylic acids is 2. The lowest BCUT2D eigenvalue weighted by Gasteiger charge is -2.38. The number of likely N-dealkylation sites (N-methyl/N-ethyl adjacent to an activating group) is 1. The molecule has 0 unspecified atom stereocenters. The Hall–Kier alpha value is -3.68. The SMILES string of the molecule is CCN1C(=O)[C@@H](NC(=O)c2ccc(Cl)c(Cl)c2)[C@@H](c2ccc(F)cc2)c2c(C)nn(-c3ccccc3)c21. The van der Waals surface area contributed by atoms with Crippen molar-refractivity contribution in [3.63, 3.8) is 0 Å². The fourth-order valence-corrected chi connectivity index (χ4v) is 5.12. The van der Waals surface area contributed by atoms with Crippen LogP contribution < -0.4 is 10.2 Å². The molecule has 37 heavy (non-hydrogen) atoms. The average Bonchev–Trinajstić information content (AvgIpc) is 3.24. The molecular formula is C28H23Cl2FN4O2. The molecule has 0 saturated heterocycles. The molecule has 2 atom stereocenters. The Balaban J connectivity index is 1.67. The summed E-state index contributed by atoms with van der Waals surface area (Å²) in [6, 6.07) is 19.1. The van der Waals surface area contributed by atoms with E-state index in [1.807, 2.05) is 44.2 Å². The molecular weight excluding hydrogens is 514 g/mol. The molecule has 0 bridgehead atoms. The highest BCUT2D eigenvalue weighted by Crippen LogP contribution is 2.43. The summed E-state index contributed by atoms with van der Waals surface area (Å²) in [5, 5.41) is 8.25. The first-order chi connectivity index (χ1) is 17.8. The van der Waals surface area contributed by atoms with E-state index in [4.69, 9.17) is 28.3 Å². The number of para-hydroxylation sites is 1. The monoisotopic (exact) mass is 536 g/mol. The van der Waals surface area contributed by atoms with Crippen molar-refractivity contribution < 1.29 is 14.0 Å². The minimum absolute atomic E-state index is 0.233. The summed E-state index contributed by atoms with van der Waals surface area (Å²) < 4.78 is 15.6. The van der Waals surface area contributed by atoms with Gasteiger partial charge >= 0.3 is 0 Å². The van der Waals surface area contributed by atoms with E-state index in [0.29, 0.717) is 28.6 Å². The van der Waals surface area contributed by atoms with E-state index < -0.39 is 23.7 Å².